The van der Waals surface area contributed by atoms with Crippen LogP contribution in [0.1, 0.15) is 19.8 Å². The minimum Gasteiger partial charge on any atom is -0.352 e. The van der Waals surface area contributed by atoms with E-state index in [0.717, 1.165) is 0 Å². The zero-order valence-electron chi connectivity index (χ0n) is 9.29. The second-order valence-corrected chi connectivity index (χ2v) is 3.37. The summed E-state index contributed by atoms with van der Waals surface area (Å²) in [4.78, 5) is 32.5. The Balaban J connectivity index is 3.90. The number of ketones is 1. The predicted octanol–water partition coefficient (Wildman–Crippen LogP) is -1.53. The molecule has 0 aromatic rings. The highest BCUT2D eigenvalue weighted by molar-refractivity contribution is 5.88. The fraction of sp³-hybridized carbons (Fsp3) is 0.667. The van der Waals surface area contributed by atoms with Crippen molar-refractivity contribution in [1.82, 2.24) is 10.6 Å². The molecule has 7 heteroatoms. The fourth-order valence-corrected chi connectivity index (χ4v) is 1.15. The van der Waals surface area contributed by atoms with Gasteiger partial charge in [0.25, 0.3) is 0 Å². The summed E-state index contributed by atoms with van der Waals surface area (Å²) in [5, 5.41) is 4.89. The fourth-order valence-electron chi connectivity index (χ4n) is 1.15. The molecule has 0 rings (SSSR count). The summed E-state index contributed by atoms with van der Waals surface area (Å²) in [7, 11) is 0. The van der Waals surface area contributed by atoms with Gasteiger partial charge in [0.2, 0.25) is 5.91 Å². The van der Waals surface area contributed by atoms with Crippen LogP contribution >= 0.6 is 0 Å². The largest absolute Gasteiger partial charge is 0.352 e. The molecule has 0 heterocycles. The molecule has 0 unspecified atom stereocenters. The van der Waals surface area contributed by atoms with Crippen molar-refractivity contribution in [2.24, 2.45) is 11.5 Å². The van der Waals surface area contributed by atoms with E-state index in [-0.39, 0.29) is 18.2 Å². The molecule has 92 valence electrons. The lowest BCUT2D eigenvalue weighted by Crippen LogP contribution is -2.43. The molecule has 16 heavy (non-hydrogen) atoms. The summed E-state index contributed by atoms with van der Waals surface area (Å²) in [6, 6.07) is -1.16. The molecule has 0 saturated heterocycles. The van der Waals surface area contributed by atoms with Gasteiger partial charge in [0.15, 0.2) is 5.78 Å². The van der Waals surface area contributed by atoms with Crippen molar-refractivity contribution >= 4 is 17.7 Å². The van der Waals surface area contributed by atoms with Crippen LogP contribution in [0.15, 0.2) is 0 Å². The first-order valence-corrected chi connectivity index (χ1v) is 5.00. The van der Waals surface area contributed by atoms with E-state index < -0.39 is 12.1 Å². The Kier molecular flexibility index (Phi) is 6.86. The molecule has 0 radical (unpaired) electrons. The third-order valence-electron chi connectivity index (χ3n) is 1.98. The lowest BCUT2D eigenvalue weighted by Gasteiger charge is -2.15. The molecule has 0 bridgehead atoms. The molecular formula is C9H18N4O3. The van der Waals surface area contributed by atoms with Crippen LogP contribution in [0.25, 0.3) is 0 Å². The Labute approximate surface area is 93.9 Å². The van der Waals surface area contributed by atoms with Crippen LogP contribution in [0, 0.1) is 0 Å². The second-order valence-electron chi connectivity index (χ2n) is 3.37. The van der Waals surface area contributed by atoms with Gasteiger partial charge in [-0.3, -0.25) is 9.59 Å². The first-order valence-electron chi connectivity index (χ1n) is 5.00. The van der Waals surface area contributed by atoms with Gasteiger partial charge in [-0.1, -0.05) is 0 Å². The maximum absolute atomic E-state index is 11.2. The highest BCUT2D eigenvalue weighted by Gasteiger charge is 2.15. The van der Waals surface area contributed by atoms with Gasteiger partial charge in [-0.2, -0.15) is 0 Å². The summed E-state index contributed by atoms with van der Waals surface area (Å²) in [5.41, 5.74) is 9.99. The van der Waals surface area contributed by atoms with Gasteiger partial charge in [-0.25, -0.2) is 4.79 Å². The minimum atomic E-state index is -0.606. The van der Waals surface area contributed by atoms with E-state index in [1.807, 2.05) is 0 Å². The maximum atomic E-state index is 11.2. The highest BCUT2D eigenvalue weighted by Crippen LogP contribution is 1.98. The van der Waals surface area contributed by atoms with Crippen molar-refractivity contribution in [3.05, 3.63) is 0 Å². The van der Waals surface area contributed by atoms with Gasteiger partial charge in [-0.05, 0) is 19.8 Å². The average Bonchev–Trinajstić information content (AvgIpc) is 2.21. The van der Waals surface area contributed by atoms with E-state index in [1.54, 1.807) is 0 Å². The number of rotatable bonds is 7. The number of carbonyl (C=O) groups is 3. The van der Waals surface area contributed by atoms with Crippen molar-refractivity contribution in [2.45, 2.75) is 25.8 Å². The molecule has 0 saturated carbocycles. The molecule has 0 fully saturated rings. The molecule has 0 spiro atoms. The van der Waals surface area contributed by atoms with Gasteiger partial charge in [0.05, 0.1) is 12.6 Å². The van der Waals surface area contributed by atoms with E-state index >= 15 is 0 Å². The Morgan fingerprint density at radius 3 is 2.38 bits per heavy atom. The zero-order chi connectivity index (χ0) is 12.6. The highest BCUT2D eigenvalue weighted by atomic mass is 16.2. The van der Waals surface area contributed by atoms with Crippen LogP contribution in [0.2, 0.25) is 0 Å². The van der Waals surface area contributed by atoms with Crippen molar-refractivity contribution < 1.29 is 14.4 Å². The summed E-state index contributed by atoms with van der Waals surface area (Å²) < 4.78 is 0. The molecule has 0 aromatic carbocycles. The third kappa shape index (κ3) is 6.77. The molecule has 6 N–H and O–H groups in total. The van der Waals surface area contributed by atoms with E-state index in [4.69, 9.17) is 11.5 Å². The molecule has 0 aliphatic heterocycles. The molecule has 1 atom stereocenters. The lowest BCUT2D eigenvalue weighted by molar-refractivity contribution is -0.126. The quantitative estimate of drug-likeness (QED) is 0.395. The SMILES string of the molecule is CC(=O)[C@H](CCCNC(N)=O)NC(=O)CN. The Morgan fingerprint density at radius 1 is 1.31 bits per heavy atom. The van der Waals surface area contributed by atoms with E-state index in [2.05, 4.69) is 10.6 Å². The average molecular weight is 230 g/mol. The molecule has 3 amide bonds. The Bertz CT molecular complexity index is 267. The topological polar surface area (TPSA) is 127 Å². The van der Waals surface area contributed by atoms with Crippen LogP contribution in [-0.2, 0) is 9.59 Å². The molecular weight excluding hydrogens is 212 g/mol. The van der Waals surface area contributed by atoms with Crippen molar-refractivity contribution in [3.8, 4) is 0 Å². The zero-order valence-corrected chi connectivity index (χ0v) is 9.29. The van der Waals surface area contributed by atoms with Gasteiger partial charge in [0, 0.05) is 6.54 Å². The summed E-state index contributed by atoms with van der Waals surface area (Å²) in [5.74, 6) is -0.510. The van der Waals surface area contributed by atoms with Crippen LogP contribution in [0.4, 0.5) is 4.79 Å². The first kappa shape index (κ1) is 14.4. The van der Waals surface area contributed by atoms with Crippen molar-refractivity contribution in [3.63, 3.8) is 0 Å². The molecule has 7 nitrogen and oxygen atoms in total. The van der Waals surface area contributed by atoms with Crippen molar-refractivity contribution in [2.75, 3.05) is 13.1 Å². The number of primary amides is 1. The molecule has 0 aliphatic carbocycles. The number of hydrogen-bond donors (Lipinski definition) is 4. The van der Waals surface area contributed by atoms with Gasteiger partial charge in [0.1, 0.15) is 0 Å². The van der Waals surface area contributed by atoms with Crippen LogP contribution in [0.5, 0.6) is 0 Å². The summed E-state index contributed by atoms with van der Waals surface area (Å²) >= 11 is 0. The van der Waals surface area contributed by atoms with E-state index in [9.17, 15) is 14.4 Å². The van der Waals surface area contributed by atoms with E-state index in [1.165, 1.54) is 6.92 Å². The van der Waals surface area contributed by atoms with Gasteiger partial charge >= 0.3 is 6.03 Å². The smallest absolute Gasteiger partial charge is 0.312 e. The Morgan fingerprint density at radius 2 is 1.94 bits per heavy atom. The number of Topliss-reactive ketones (excluding diaryl/α,β-unsaturated/α-hetero) is 1. The minimum absolute atomic E-state index is 0.138. The molecule has 0 aliphatic rings. The number of amides is 3. The standard InChI is InChI=1S/C9H18N4O3/c1-6(14)7(13-8(15)5-10)3-2-4-12-9(11)16/h7H,2-5,10H2,1H3,(H,13,15)(H3,11,12,16)/t7-/m0/s1. The van der Waals surface area contributed by atoms with Crippen LogP contribution < -0.4 is 22.1 Å². The predicted molar refractivity (Wildman–Crippen MR) is 58.5 cm³/mol. The number of nitrogens with two attached hydrogens (primary N) is 2. The number of carbonyl (C=O) groups excluding carboxylic acids is 3. The molecule has 0 aromatic heterocycles. The number of nitrogens with one attached hydrogen (secondary N) is 2. The number of urea groups is 1. The monoisotopic (exact) mass is 230 g/mol. The van der Waals surface area contributed by atoms with Gasteiger partial charge in [-0.15, -0.1) is 0 Å². The number of hydrogen-bond acceptors (Lipinski definition) is 4. The van der Waals surface area contributed by atoms with Crippen LogP contribution in [-0.4, -0.2) is 36.9 Å². The van der Waals surface area contributed by atoms with Gasteiger partial charge < -0.3 is 22.1 Å². The first-order chi connectivity index (χ1) is 7.47. The normalized spacial score (nSPS) is 11.6. The second kappa shape index (κ2) is 7.63. The van der Waals surface area contributed by atoms with E-state index in [0.29, 0.717) is 19.4 Å². The summed E-state index contributed by atoms with van der Waals surface area (Å²) in [6.45, 7) is 1.61. The maximum Gasteiger partial charge on any atom is 0.312 e. The van der Waals surface area contributed by atoms with Crippen LogP contribution in [0.3, 0.4) is 0 Å². The Hall–Kier alpha value is -1.63. The third-order valence-corrected chi connectivity index (χ3v) is 1.98. The van der Waals surface area contributed by atoms with Crippen molar-refractivity contribution in [1.29, 1.82) is 0 Å². The lowest BCUT2D eigenvalue weighted by atomic mass is 10.1. The summed E-state index contributed by atoms with van der Waals surface area (Å²) in [6.07, 6.45) is 0.999.